The number of hydrogen-bond donors (Lipinski definition) is 0. The van der Waals surface area contributed by atoms with E-state index in [2.05, 4.69) is 6.58 Å². The third-order valence-corrected chi connectivity index (χ3v) is 1.70. The molecular formula is C9H17F. The first-order valence-corrected chi connectivity index (χ1v) is 3.86. The van der Waals surface area contributed by atoms with Crippen LogP contribution in [0.1, 0.15) is 33.6 Å². The van der Waals surface area contributed by atoms with Gasteiger partial charge in [0.05, 0.1) is 0 Å². The Balaban J connectivity index is 3.92. The van der Waals surface area contributed by atoms with E-state index in [4.69, 9.17) is 0 Å². The number of allylic oxidation sites excluding steroid dienone is 1. The van der Waals surface area contributed by atoms with Gasteiger partial charge >= 0.3 is 0 Å². The molecule has 0 aromatic carbocycles. The molecule has 0 saturated heterocycles. The standard InChI is InChI=1S/C9H17F/c1-5-9(10,6-2)7-8(3)4/h5,8H,1,6-7H2,2-4H3. The predicted molar refractivity (Wildman–Crippen MR) is 43.8 cm³/mol. The van der Waals surface area contributed by atoms with E-state index in [1.807, 2.05) is 20.8 Å². The van der Waals surface area contributed by atoms with Gasteiger partial charge in [-0.05, 0) is 18.8 Å². The molecule has 0 saturated carbocycles. The Morgan fingerprint density at radius 3 is 2.20 bits per heavy atom. The number of rotatable bonds is 4. The summed E-state index contributed by atoms with van der Waals surface area (Å²) < 4.78 is 13.4. The van der Waals surface area contributed by atoms with Crippen molar-refractivity contribution in [2.75, 3.05) is 0 Å². The van der Waals surface area contributed by atoms with Gasteiger partial charge in [0.2, 0.25) is 0 Å². The highest BCUT2D eigenvalue weighted by molar-refractivity contribution is 4.95. The molecule has 1 heteroatoms. The molecule has 0 fully saturated rings. The van der Waals surface area contributed by atoms with E-state index in [1.54, 1.807) is 0 Å². The lowest BCUT2D eigenvalue weighted by molar-refractivity contribution is 0.184. The van der Waals surface area contributed by atoms with Crippen molar-refractivity contribution in [3.05, 3.63) is 12.7 Å². The van der Waals surface area contributed by atoms with E-state index < -0.39 is 5.67 Å². The van der Waals surface area contributed by atoms with Crippen LogP contribution in [-0.4, -0.2) is 5.67 Å². The van der Waals surface area contributed by atoms with E-state index in [0.29, 0.717) is 18.8 Å². The first kappa shape index (κ1) is 9.67. The maximum Gasteiger partial charge on any atom is 0.128 e. The van der Waals surface area contributed by atoms with Crippen LogP contribution in [0, 0.1) is 5.92 Å². The lowest BCUT2D eigenvalue weighted by Crippen LogP contribution is -2.20. The van der Waals surface area contributed by atoms with E-state index in [-0.39, 0.29) is 0 Å². The molecule has 0 aromatic rings. The molecule has 60 valence electrons. The van der Waals surface area contributed by atoms with Crippen LogP contribution in [-0.2, 0) is 0 Å². The van der Waals surface area contributed by atoms with Crippen LogP contribution in [0.3, 0.4) is 0 Å². The molecule has 0 N–H and O–H groups in total. The summed E-state index contributed by atoms with van der Waals surface area (Å²) in [7, 11) is 0. The second-order valence-electron chi connectivity index (χ2n) is 3.19. The van der Waals surface area contributed by atoms with Gasteiger partial charge in [-0.2, -0.15) is 0 Å². The van der Waals surface area contributed by atoms with Crippen molar-refractivity contribution >= 4 is 0 Å². The van der Waals surface area contributed by atoms with Gasteiger partial charge in [0.1, 0.15) is 5.67 Å². The Hall–Kier alpha value is -0.330. The fourth-order valence-corrected chi connectivity index (χ4v) is 1.05. The Labute approximate surface area is 63.1 Å². The van der Waals surface area contributed by atoms with Crippen LogP contribution in [0.5, 0.6) is 0 Å². The summed E-state index contributed by atoms with van der Waals surface area (Å²) in [6.07, 6.45) is 2.55. The van der Waals surface area contributed by atoms with Crippen molar-refractivity contribution < 1.29 is 4.39 Å². The van der Waals surface area contributed by atoms with Gasteiger partial charge in [0.15, 0.2) is 0 Å². The van der Waals surface area contributed by atoms with E-state index >= 15 is 0 Å². The summed E-state index contributed by atoms with van der Waals surface area (Å²) in [5.74, 6) is 0.406. The summed E-state index contributed by atoms with van der Waals surface area (Å²) in [5, 5.41) is 0. The third kappa shape index (κ3) is 3.00. The number of halogens is 1. The molecule has 0 aliphatic heterocycles. The van der Waals surface area contributed by atoms with E-state index in [9.17, 15) is 4.39 Å². The molecule has 0 aliphatic carbocycles. The predicted octanol–water partition coefficient (Wildman–Crippen LogP) is 3.34. The molecule has 0 aromatic heterocycles. The van der Waals surface area contributed by atoms with Gasteiger partial charge in [0.25, 0.3) is 0 Å². The van der Waals surface area contributed by atoms with Crippen molar-refractivity contribution in [1.29, 1.82) is 0 Å². The van der Waals surface area contributed by atoms with Crippen LogP contribution < -0.4 is 0 Å². The summed E-state index contributed by atoms with van der Waals surface area (Å²) in [4.78, 5) is 0. The second-order valence-corrected chi connectivity index (χ2v) is 3.19. The zero-order valence-corrected chi connectivity index (χ0v) is 7.15. The Morgan fingerprint density at radius 1 is 1.60 bits per heavy atom. The molecule has 0 bridgehead atoms. The van der Waals surface area contributed by atoms with Gasteiger partial charge in [-0.1, -0.05) is 33.4 Å². The minimum absolute atomic E-state index is 0.406. The van der Waals surface area contributed by atoms with E-state index in [0.717, 1.165) is 0 Å². The largest absolute Gasteiger partial charge is 0.239 e. The zero-order valence-electron chi connectivity index (χ0n) is 7.15. The van der Waals surface area contributed by atoms with Crippen LogP contribution in [0.2, 0.25) is 0 Å². The second kappa shape index (κ2) is 3.75. The maximum absolute atomic E-state index is 13.4. The minimum Gasteiger partial charge on any atom is -0.239 e. The summed E-state index contributed by atoms with van der Waals surface area (Å²) >= 11 is 0. The molecule has 0 aliphatic rings. The van der Waals surface area contributed by atoms with Crippen LogP contribution in [0.4, 0.5) is 4.39 Å². The number of hydrogen-bond acceptors (Lipinski definition) is 0. The molecule has 10 heavy (non-hydrogen) atoms. The molecule has 0 rings (SSSR count). The smallest absolute Gasteiger partial charge is 0.128 e. The highest BCUT2D eigenvalue weighted by Gasteiger charge is 2.23. The van der Waals surface area contributed by atoms with Crippen molar-refractivity contribution in [1.82, 2.24) is 0 Å². The van der Waals surface area contributed by atoms with Crippen LogP contribution in [0.25, 0.3) is 0 Å². The molecule has 0 spiro atoms. The fraction of sp³-hybridized carbons (Fsp3) is 0.778. The molecule has 0 heterocycles. The molecule has 1 atom stereocenters. The molecule has 0 nitrogen and oxygen atoms in total. The van der Waals surface area contributed by atoms with Gasteiger partial charge in [-0.15, -0.1) is 0 Å². The SMILES string of the molecule is C=CC(F)(CC)CC(C)C. The summed E-state index contributed by atoms with van der Waals surface area (Å²) in [5.41, 5.74) is -1.13. The maximum atomic E-state index is 13.4. The summed E-state index contributed by atoms with van der Waals surface area (Å²) in [6, 6.07) is 0. The molecule has 1 unspecified atom stereocenters. The third-order valence-electron chi connectivity index (χ3n) is 1.70. The summed E-state index contributed by atoms with van der Waals surface area (Å²) in [6.45, 7) is 9.38. The lowest BCUT2D eigenvalue weighted by atomic mass is 9.92. The van der Waals surface area contributed by atoms with Crippen molar-refractivity contribution in [3.63, 3.8) is 0 Å². The average Bonchev–Trinajstić information content (AvgIpc) is 1.87. The minimum atomic E-state index is -1.13. The first-order valence-electron chi connectivity index (χ1n) is 3.86. The first-order chi connectivity index (χ1) is 4.54. The molecule has 0 amide bonds. The highest BCUT2D eigenvalue weighted by atomic mass is 19.1. The topological polar surface area (TPSA) is 0 Å². The fourth-order valence-electron chi connectivity index (χ4n) is 1.05. The van der Waals surface area contributed by atoms with Crippen molar-refractivity contribution in [2.45, 2.75) is 39.3 Å². The van der Waals surface area contributed by atoms with Gasteiger partial charge < -0.3 is 0 Å². The van der Waals surface area contributed by atoms with Crippen molar-refractivity contribution in [2.24, 2.45) is 5.92 Å². The normalized spacial score (nSPS) is 16.9. The zero-order chi connectivity index (χ0) is 8.20. The van der Waals surface area contributed by atoms with Crippen LogP contribution in [0.15, 0.2) is 12.7 Å². The monoisotopic (exact) mass is 144 g/mol. The van der Waals surface area contributed by atoms with Crippen molar-refractivity contribution in [3.8, 4) is 0 Å². The van der Waals surface area contributed by atoms with Gasteiger partial charge in [0, 0.05) is 0 Å². The van der Waals surface area contributed by atoms with Crippen LogP contribution >= 0.6 is 0 Å². The van der Waals surface area contributed by atoms with Gasteiger partial charge in [-0.3, -0.25) is 0 Å². The quantitative estimate of drug-likeness (QED) is 0.531. The molecule has 0 radical (unpaired) electrons. The lowest BCUT2D eigenvalue weighted by Gasteiger charge is -2.21. The number of alkyl halides is 1. The van der Waals surface area contributed by atoms with E-state index in [1.165, 1.54) is 6.08 Å². The average molecular weight is 144 g/mol. The Bertz CT molecular complexity index is 107. The Morgan fingerprint density at radius 2 is 2.10 bits per heavy atom. The highest BCUT2D eigenvalue weighted by Crippen LogP contribution is 2.25. The molecular weight excluding hydrogens is 127 g/mol. The Kier molecular flexibility index (Phi) is 3.62. The van der Waals surface area contributed by atoms with Gasteiger partial charge in [-0.25, -0.2) is 4.39 Å².